The molecule has 4 heteroatoms. The molecule has 0 N–H and O–H groups in total. The lowest BCUT2D eigenvalue weighted by Gasteiger charge is -1.97. The fourth-order valence-corrected chi connectivity index (χ4v) is 1.85. The van der Waals surface area contributed by atoms with E-state index in [2.05, 4.69) is 10.1 Å². The first-order valence-corrected chi connectivity index (χ1v) is 5.19. The van der Waals surface area contributed by atoms with Crippen LogP contribution in [0.4, 0.5) is 0 Å². The molecule has 0 unspecified atom stereocenters. The highest BCUT2D eigenvalue weighted by atomic mass is 35.5. The van der Waals surface area contributed by atoms with Crippen LogP contribution in [0, 0.1) is 0 Å². The molecule has 0 aliphatic heterocycles. The molecule has 0 fully saturated rings. The van der Waals surface area contributed by atoms with E-state index in [0.717, 1.165) is 22.2 Å². The second kappa shape index (κ2) is 3.61. The normalized spacial score (nSPS) is 10.8. The third kappa shape index (κ3) is 1.37. The van der Waals surface area contributed by atoms with E-state index in [1.54, 1.807) is 6.20 Å². The minimum atomic E-state index is 0.432. The number of pyridine rings is 1. The molecule has 0 aliphatic carbocycles. The summed E-state index contributed by atoms with van der Waals surface area (Å²) in [6, 6.07) is 11.4. The summed E-state index contributed by atoms with van der Waals surface area (Å²) in [7, 11) is 0. The summed E-state index contributed by atoms with van der Waals surface area (Å²) in [4.78, 5) is 4.03. The number of halogens is 1. The molecule has 0 saturated carbocycles. The number of benzene rings is 1. The van der Waals surface area contributed by atoms with Crippen molar-refractivity contribution >= 4 is 22.6 Å². The zero-order valence-corrected chi connectivity index (χ0v) is 8.98. The third-order valence-corrected chi connectivity index (χ3v) is 2.69. The maximum absolute atomic E-state index is 6.02. The number of hydrogen-bond acceptors (Lipinski definition) is 3. The van der Waals surface area contributed by atoms with E-state index in [1.807, 2.05) is 36.4 Å². The molecule has 16 heavy (non-hydrogen) atoms. The van der Waals surface area contributed by atoms with Gasteiger partial charge in [-0.15, -0.1) is 0 Å². The number of hydrogen-bond donors (Lipinski definition) is 0. The third-order valence-electron chi connectivity index (χ3n) is 2.39. The molecule has 78 valence electrons. The Labute approximate surface area is 96.7 Å². The standard InChI is InChI=1S/C12H7ClN2O/c13-12-9(5-3-7-14-12)11-8-4-1-2-6-10(8)16-15-11/h1-7H. The molecular weight excluding hydrogens is 224 g/mol. The van der Waals surface area contributed by atoms with Gasteiger partial charge in [-0.2, -0.15) is 0 Å². The van der Waals surface area contributed by atoms with Crippen LogP contribution in [0.5, 0.6) is 0 Å². The van der Waals surface area contributed by atoms with Gasteiger partial charge in [-0.25, -0.2) is 4.98 Å². The summed E-state index contributed by atoms with van der Waals surface area (Å²) in [6.07, 6.45) is 1.65. The van der Waals surface area contributed by atoms with Gasteiger partial charge in [0.25, 0.3) is 0 Å². The Morgan fingerprint density at radius 1 is 1.06 bits per heavy atom. The molecule has 3 nitrogen and oxygen atoms in total. The molecule has 0 atom stereocenters. The molecule has 0 radical (unpaired) electrons. The number of rotatable bonds is 1. The Bertz CT molecular complexity index is 648. The van der Waals surface area contributed by atoms with Crippen LogP contribution in [0.3, 0.4) is 0 Å². The Kier molecular flexibility index (Phi) is 2.11. The van der Waals surface area contributed by atoms with E-state index < -0.39 is 0 Å². The van der Waals surface area contributed by atoms with Crippen molar-refractivity contribution in [2.24, 2.45) is 0 Å². The number of nitrogens with zero attached hydrogens (tertiary/aromatic N) is 2. The van der Waals surface area contributed by atoms with E-state index in [0.29, 0.717) is 5.15 Å². The van der Waals surface area contributed by atoms with Gasteiger partial charge < -0.3 is 4.52 Å². The average molecular weight is 231 g/mol. The van der Waals surface area contributed by atoms with Gasteiger partial charge in [0.05, 0.1) is 0 Å². The summed E-state index contributed by atoms with van der Waals surface area (Å²) in [5, 5.41) is 5.40. The summed E-state index contributed by atoms with van der Waals surface area (Å²) in [5.41, 5.74) is 2.26. The molecule has 3 aromatic rings. The topological polar surface area (TPSA) is 38.9 Å². The predicted octanol–water partition coefficient (Wildman–Crippen LogP) is 3.54. The van der Waals surface area contributed by atoms with Gasteiger partial charge in [0, 0.05) is 17.1 Å². The zero-order chi connectivity index (χ0) is 11.0. The van der Waals surface area contributed by atoms with Crippen molar-refractivity contribution < 1.29 is 4.52 Å². The van der Waals surface area contributed by atoms with Crippen molar-refractivity contribution in [3.63, 3.8) is 0 Å². The SMILES string of the molecule is Clc1ncccc1-c1noc2ccccc12. The molecular formula is C12H7ClN2O. The Hall–Kier alpha value is -1.87. The zero-order valence-electron chi connectivity index (χ0n) is 8.22. The molecule has 0 aliphatic rings. The van der Waals surface area contributed by atoms with E-state index in [-0.39, 0.29) is 0 Å². The lowest BCUT2D eigenvalue weighted by Crippen LogP contribution is -1.82. The first-order chi connectivity index (χ1) is 7.86. The van der Waals surface area contributed by atoms with Gasteiger partial charge in [-0.1, -0.05) is 28.9 Å². The van der Waals surface area contributed by atoms with Gasteiger partial charge in [-0.3, -0.25) is 0 Å². The highest BCUT2D eigenvalue weighted by Crippen LogP contribution is 2.31. The number of para-hydroxylation sites is 1. The first-order valence-electron chi connectivity index (χ1n) is 4.81. The van der Waals surface area contributed by atoms with Crippen molar-refractivity contribution in [3.05, 3.63) is 47.7 Å². The monoisotopic (exact) mass is 230 g/mol. The van der Waals surface area contributed by atoms with E-state index >= 15 is 0 Å². The smallest absolute Gasteiger partial charge is 0.167 e. The van der Waals surface area contributed by atoms with Crippen LogP contribution in [0.15, 0.2) is 47.1 Å². The Balaban J connectivity index is 2.31. The highest BCUT2D eigenvalue weighted by Gasteiger charge is 2.12. The first kappa shape index (κ1) is 9.36. The van der Waals surface area contributed by atoms with Crippen LogP contribution in [-0.2, 0) is 0 Å². The summed E-state index contributed by atoms with van der Waals surface area (Å²) < 4.78 is 5.22. The molecule has 2 heterocycles. The molecule has 0 bridgehead atoms. The van der Waals surface area contributed by atoms with Crippen LogP contribution in [0.25, 0.3) is 22.2 Å². The fraction of sp³-hybridized carbons (Fsp3) is 0. The number of fused-ring (bicyclic) bond motifs is 1. The van der Waals surface area contributed by atoms with Gasteiger partial charge in [-0.05, 0) is 24.3 Å². The highest BCUT2D eigenvalue weighted by molar-refractivity contribution is 6.32. The lowest BCUT2D eigenvalue weighted by atomic mass is 10.1. The van der Waals surface area contributed by atoms with Gasteiger partial charge >= 0.3 is 0 Å². The van der Waals surface area contributed by atoms with Crippen LogP contribution in [-0.4, -0.2) is 10.1 Å². The second-order valence-corrected chi connectivity index (χ2v) is 3.73. The Morgan fingerprint density at radius 3 is 2.81 bits per heavy atom. The fourth-order valence-electron chi connectivity index (χ4n) is 1.64. The largest absolute Gasteiger partial charge is 0.356 e. The molecule has 0 saturated heterocycles. The molecule has 0 amide bonds. The molecule has 3 rings (SSSR count). The van der Waals surface area contributed by atoms with Crippen molar-refractivity contribution in [3.8, 4) is 11.3 Å². The number of aromatic nitrogens is 2. The lowest BCUT2D eigenvalue weighted by molar-refractivity contribution is 0.459. The maximum Gasteiger partial charge on any atom is 0.167 e. The minimum Gasteiger partial charge on any atom is -0.356 e. The maximum atomic E-state index is 6.02. The molecule has 2 aromatic heterocycles. The van der Waals surface area contributed by atoms with Crippen LogP contribution < -0.4 is 0 Å². The second-order valence-electron chi connectivity index (χ2n) is 3.37. The quantitative estimate of drug-likeness (QED) is 0.600. The van der Waals surface area contributed by atoms with Crippen LogP contribution in [0.1, 0.15) is 0 Å². The Morgan fingerprint density at radius 2 is 1.94 bits per heavy atom. The molecule has 0 spiro atoms. The summed E-state index contributed by atoms with van der Waals surface area (Å²) in [5.74, 6) is 0. The van der Waals surface area contributed by atoms with E-state index in [9.17, 15) is 0 Å². The molecule has 1 aromatic carbocycles. The van der Waals surface area contributed by atoms with Crippen molar-refractivity contribution in [2.45, 2.75) is 0 Å². The minimum absolute atomic E-state index is 0.432. The van der Waals surface area contributed by atoms with Gasteiger partial charge in [0.2, 0.25) is 0 Å². The predicted molar refractivity (Wildman–Crippen MR) is 62.3 cm³/mol. The van der Waals surface area contributed by atoms with Crippen LogP contribution >= 0.6 is 11.6 Å². The van der Waals surface area contributed by atoms with Gasteiger partial charge in [0.1, 0.15) is 10.8 Å². The van der Waals surface area contributed by atoms with Crippen molar-refractivity contribution in [1.29, 1.82) is 0 Å². The average Bonchev–Trinajstić information content (AvgIpc) is 2.74. The van der Waals surface area contributed by atoms with Gasteiger partial charge in [0.15, 0.2) is 5.58 Å². The summed E-state index contributed by atoms with van der Waals surface area (Å²) in [6.45, 7) is 0. The van der Waals surface area contributed by atoms with E-state index in [4.69, 9.17) is 16.1 Å². The summed E-state index contributed by atoms with van der Waals surface area (Å²) >= 11 is 6.02. The van der Waals surface area contributed by atoms with Crippen molar-refractivity contribution in [2.75, 3.05) is 0 Å². The van der Waals surface area contributed by atoms with Crippen molar-refractivity contribution in [1.82, 2.24) is 10.1 Å². The van der Waals surface area contributed by atoms with Crippen LogP contribution in [0.2, 0.25) is 5.15 Å². The van der Waals surface area contributed by atoms with E-state index in [1.165, 1.54) is 0 Å².